The number of phosphoric acid groups is 1. The SMILES string of the molecule is CC(C)CCCC(C)C1CCC2C3CC=C4CC(OP(=O)(O)OCC[N+](C)(C)C)CCC4(C)C3CCC12C. The quantitative estimate of drug-likeness (QED) is 0.159. The standard InChI is InChI=1S/C32H58NO4P/c1-23(2)10-9-11-24(3)28-14-15-29-27-13-12-25-22-26(37-38(34,35)36-21-20-33(6,7)8)16-18-31(25,4)30(27)17-19-32(28,29)5/h12,23-24,26-30H,9-11,13-22H2,1-8H3/p+1. The maximum Gasteiger partial charge on any atom is 0.472 e. The fourth-order valence-corrected chi connectivity index (χ4v) is 10.3. The van der Waals surface area contributed by atoms with Crippen LogP contribution < -0.4 is 0 Å². The van der Waals surface area contributed by atoms with Gasteiger partial charge in [0.2, 0.25) is 0 Å². The first-order valence-corrected chi connectivity index (χ1v) is 17.3. The molecule has 0 saturated heterocycles. The number of hydrogen-bond donors (Lipinski definition) is 1. The molecule has 38 heavy (non-hydrogen) atoms. The highest BCUT2D eigenvalue weighted by molar-refractivity contribution is 7.47. The first-order chi connectivity index (χ1) is 17.6. The van der Waals surface area contributed by atoms with Crippen LogP contribution in [0.3, 0.4) is 0 Å². The topological polar surface area (TPSA) is 55.8 Å². The average molecular weight is 553 g/mol. The van der Waals surface area contributed by atoms with E-state index >= 15 is 0 Å². The van der Waals surface area contributed by atoms with Crippen LogP contribution in [0.15, 0.2) is 11.6 Å². The summed E-state index contributed by atoms with van der Waals surface area (Å²) in [5.74, 6) is 4.96. The van der Waals surface area contributed by atoms with Crippen LogP contribution in [0.2, 0.25) is 0 Å². The predicted molar refractivity (Wildman–Crippen MR) is 157 cm³/mol. The van der Waals surface area contributed by atoms with E-state index in [4.69, 9.17) is 9.05 Å². The highest BCUT2D eigenvalue weighted by Gasteiger charge is 2.59. The number of rotatable bonds is 11. The second kappa shape index (κ2) is 11.6. The lowest BCUT2D eigenvalue weighted by molar-refractivity contribution is -0.870. The summed E-state index contributed by atoms with van der Waals surface area (Å²) in [4.78, 5) is 10.4. The third-order valence-electron chi connectivity index (χ3n) is 11.6. The van der Waals surface area contributed by atoms with Gasteiger partial charge in [-0.2, -0.15) is 0 Å². The molecule has 3 saturated carbocycles. The Labute approximate surface area is 234 Å². The Balaban J connectivity index is 1.38. The van der Waals surface area contributed by atoms with Crippen molar-refractivity contribution in [3.8, 4) is 0 Å². The molecule has 1 N–H and O–H groups in total. The molecule has 9 unspecified atom stereocenters. The monoisotopic (exact) mass is 552 g/mol. The molecule has 6 heteroatoms. The zero-order valence-corrected chi connectivity index (χ0v) is 26.8. The molecule has 220 valence electrons. The molecule has 0 radical (unpaired) electrons. The first kappa shape index (κ1) is 30.8. The van der Waals surface area contributed by atoms with Gasteiger partial charge in [0.25, 0.3) is 0 Å². The summed E-state index contributed by atoms with van der Waals surface area (Å²) in [5, 5.41) is 0. The predicted octanol–water partition coefficient (Wildman–Crippen LogP) is 8.24. The highest BCUT2D eigenvalue weighted by Crippen LogP contribution is 2.67. The molecule has 0 aromatic carbocycles. The van der Waals surface area contributed by atoms with Crippen molar-refractivity contribution < 1.29 is 23.0 Å². The van der Waals surface area contributed by atoms with Gasteiger partial charge in [0.1, 0.15) is 13.2 Å². The molecular weight excluding hydrogens is 493 g/mol. The second-order valence-electron chi connectivity index (χ2n) is 15.6. The van der Waals surface area contributed by atoms with Crippen molar-refractivity contribution in [2.45, 2.75) is 111 Å². The molecule has 5 nitrogen and oxygen atoms in total. The Morgan fingerprint density at radius 2 is 1.79 bits per heavy atom. The van der Waals surface area contributed by atoms with E-state index in [0.717, 1.165) is 54.8 Å². The van der Waals surface area contributed by atoms with Crippen molar-refractivity contribution >= 4 is 7.82 Å². The van der Waals surface area contributed by atoms with Gasteiger partial charge in [-0.25, -0.2) is 4.57 Å². The summed E-state index contributed by atoms with van der Waals surface area (Å²) in [5.41, 5.74) is 2.21. The molecule has 0 aromatic heterocycles. The zero-order chi connectivity index (χ0) is 27.9. The lowest BCUT2D eigenvalue weighted by Crippen LogP contribution is -2.51. The van der Waals surface area contributed by atoms with E-state index in [2.05, 4.69) is 40.7 Å². The number of phosphoric ester groups is 1. The minimum atomic E-state index is -4.04. The highest BCUT2D eigenvalue weighted by atomic mass is 31.2. The van der Waals surface area contributed by atoms with Crippen LogP contribution in [-0.2, 0) is 13.6 Å². The number of quaternary nitrogens is 1. The smallest absolute Gasteiger partial charge is 0.329 e. The van der Waals surface area contributed by atoms with Crippen LogP contribution in [0.25, 0.3) is 0 Å². The van der Waals surface area contributed by atoms with Crippen LogP contribution in [0.5, 0.6) is 0 Å². The minimum Gasteiger partial charge on any atom is -0.329 e. The van der Waals surface area contributed by atoms with Crippen molar-refractivity contribution in [1.82, 2.24) is 0 Å². The molecule has 9 atom stereocenters. The van der Waals surface area contributed by atoms with E-state index in [9.17, 15) is 9.46 Å². The Morgan fingerprint density at radius 3 is 2.47 bits per heavy atom. The van der Waals surface area contributed by atoms with E-state index < -0.39 is 7.82 Å². The van der Waals surface area contributed by atoms with Gasteiger partial charge in [-0.1, -0.05) is 65.5 Å². The molecule has 0 bridgehead atoms. The van der Waals surface area contributed by atoms with Crippen LogP contribution in [0, 0.1) is 46.3 Å². The number of fused-ring (bicyclic) bond motifs is 5. The van der Waals surface area contributed by atoms with Crippen molar-refractivity contribution in [2.24, 2.45) is 46.3 Å². The van der Waals surface area contributed by atoms with Crippen molar-refractivity contribution in [2.75, 3.05) is 34.3 Å². The van der Waals surface area contributed by atoms with E-state index in [0.29, 0.717) is 16.4 Å². The van der Waals surface area contributed by atoms with Gasteiger partial charge in [0.15, 0.2) is 0 Å². The molecule has 3 fully saturated rings. The van der Waals surface area contributed by atoms with E-state index in [1.807, 2.05) is 21.1 Å². The molecule has 4 aliphatic rings. The van der Waals surface area contributed by atoms with Crippen molar-refractivity contribution in [1.29, 1.82) is 0 Å². The minimum absolute atomic E-state index is 0.217. The zero-order valence-electron chi connectivity index (χ0n) is 25.9. The van der Waals surface area contributed by atoms with Crippen LogP contribution in [0.4, 0.5) is 0 Å². The Morgan fingerprint density at radius 1 is 1.05 bits per heavy atom. The summed E-state index contributed by atoms with van der Waals surface area (Å²) in [6.07, 6.45) is 15.9. The maximum atomic E-state index is 12.7. The number of nitrogens with zero attached hydrogens (tertiary/aromatic N) is 1. The Hall–Kier alpha value is -0.190. The van der Waals surface area contributed by atoms with Gasteiger partial charge in [-0.15, -0.1) is 0 Å². The van der Waals surface area contributed by atoms with Crippen molar-refractivity contribution in [3.05, 3.63) is 11.6 Å². The Bertz CT molecular complexity index is 896. The molecule has 0 aliphatic heterocycles. The van der Waals surface area contributed by atoms with Gasteiger partial charge >= 0.3 is 7.82 Å². The van der Waals surface area contributed by atoms with E-state index in [1.165, 1.54) is 56.9 Å². The molecule has 0 spiro atoms. The Kier molecular flexibility index (Phi) is 9.38. The summed E-state index contributed by atoms with van der Waals surface area (Å²) in [6, 6.07) is 0. The van der Waals surface area contributed by atoms with E-state index in [-0.39, 0.29) is 18.1 Å². The van der Waals surface area contributed by atoms with E-state index in [1.54, 1.807) is 0 Å². The summed E-state index contributed by atoms with van der Waals surface area (Å²) >= 11 is 0. The van der Waals surface area contributed by atoms with Crippen LogP contribution in [0.1, 0.15) is 105 Å². The first-order valence-electron chi connectivity index (χ1n) is 15.8. The van der Waals surface area contributed by atoms with Crippen LogP contribution in [-0.4, -0.2) is 49.8 Å². The molecule has 0 amide bonds. The fraction of sp³-hybridized carbons (Fsp3) is 0.938. The van der Waals surface area contributed by atoms with Crippen molar-refractivity contribution in [3.63, 3.8) is 0 Å². The third kappa shape index (κ3) is 6.64. The second-order valence-corrected chi connectivity index (χ2v) is 17.0. The molecule has 0 heterocycles. The molecular formula is C32H59NO4P+. The largest absolute Gasteiger partial charge is 0.472 e. The molecule has 4 aliphatic carbocycles. The normalized spacial score (nSPS) is 39.6. The summed E-state index contributed by atoms with van der Waals surface area (Å²) in [7, 11) is 2.10. The lowest BCUT2D eigenvalue weighted by atomic mass is 9.47. The van der Waals surface area contributed by atoms with Gasteiger partial charge in [-0.3, -0.25) is 9.05 Å². The molecule has 0 aromatic rings. The van der Waals surface area contributed by atoms with Crippen LogP contribution >= 0.6 is 7.82 Å². The lowest BCUT2D eigenvalue weighted by Gasteiger charge is -2.58. The maximum absolute atomic E-state index is 12.7. The van der Waals surface area contributed by atoms with Gasteiger partial charge in [0.05, 0.1) is 27.2 Å². The summed E-state index contributed by atoms with van der Waals surface area (Å²) in [6.45, 7) is 13.3. The van der Waals surface area contributed by atoms with Gasteiger partial charge < -0.3 is 9.38 Å². The fourth-order valence-electron chi connectivity index (χ4n) is 9.39. The summed E-state index contributed by atoms with van der Waals surface area (Å²) < 4.78 is 24.4. The molecule has 4 rings (SSSR count). The number of likely N-dealkylation sites (N-methyl/N-ethyl adjacent to an activating group) is 1. The number of hydrogen-bond acceptors (Lipinski definition) is 3. The third-order valence-corrected chi connectivity index (χ3v) is 12.6. The van der Waals surface area contributed by atoms with Gasteiger partial charge in [0, 0.05) is 0 Å². The van der Waals surface area contributed by atoms with Gasteiger partial charge in [-0.05, 0) is 97.7 Å². The average Bonchev–Trinajstić information content (AvgIpc) is 3.15. The number of allylic oxidation sites excluding steroid dienone is 1.